The van der Waals surface area contributed by atoms with Crippen LogP contribution in [0.2, 0.25) is 0 Å². The van der Waals surface area contributed by atoms with Gasteiger partial charge in [-0.25, -0.2) is 0 Å². The van der Waals surface area contributed by atoms with E-state index in [0.717, 1.165) is 38.0 Å². The highest BCUT2D eigenvalue weighted by Crippen LogP contribution is 2.46. The van der Waals surface area contributed by atoms with E-state index in [1.54, 1.807) is 0 Å². The van der Waals surface area contributed by atoms with Crippen LogP contribution >= 0.6 is 7.14 Å². The average molecular weight is 161 g/mol. The van der Waals surface area contributed by atoms with E-state index in [2.05, 4.69) is 12.2 Å². The first-order valence-corrected chi connectivity index (χ1v) is 6.31. The van der Waals surface area contributed by atoms with Crippen molar-refractivity contribution in [2.24, 2.45) is 0 Å². The van der Waals surface area contributed by atoms with Crippen LogP contribution in [0.1, 0.15) is 13.3 Å². The van der Waals surface area contributed by atoms with Crippen molar-refractivity contribution in [3.63, 3.8) is 0 Å². The summed E-state index contributed by atoms with van der Waals surface area (Å²) in [6.45, 7) is 4.05. The molecule has 0 aromatic rings. The van der Waals surface area contributed by atoms with Gasteiger partial charge in [-0.3, -0.25) is 0 Å². The topological polar surface area (TPSA) is 29.1 Å². The third-order valence-corrected chi connectivity index (χ3v) is 5.36. The normalized spacial score (nSPS) is 24.5. The van der Waals surface area contributed by atoms with Gasteiger partial charge in [0.2, 0.25) is 0 Å². The zero-order valence-electron chi connectivity index (χ0n) is 6.60. The van der Waals surface area contributed by atoms with Gasteiger partial charge in [-0.1, -0.05) is 6.92 Å². The molecule has 0 aromatic carbocycles. The Kier molecular flexibility index (Phi) is 2.94. The summed E-state index contributed by atoms with van der Waals surface area (Å²) >= 11 is 0. The Hall–Kier alpha value is 0.190. The fraction of sp³-hybridized carbons (Fsp3) is 1.00. The van der Waals surface area contributed by atoms with Crippen LogP contribution in [0.25, 0.3) is 0 Å². The van der Waals surface area contributed by atoms with Gasteiger partial charge in [-0.2, -0.15) is 0 Å². The Morgan fingerprint density at radius 2 is 2.00 bits per heavy atom. The van der Waals surface area contributed by atoms with Crippen LogP contribution in [0.4, 0.5) is 0 Å². The Morgan fingerprint density at radius 3 is 2.50 bits per heavy atom. The summed E-state index contributed by atoms with van der Waals surface area (Å²) in [7, 11) is -1.68. The van der Waals surface area contributed by atoms with Gasteiger partial charge in [0.05, 0.1) is 7.14 Å². The molecular formula is C7H16NOP. The van der Waals surface area contributed by atoms with Crippen LogP contribution < -0.4 is 5.32 Å². The van der Waals surface area contributed by atoms with E-state index in [9.17, 15) is 4.57 Å². The molecule has 0 aliphatic carbocycles. The van der Waals surface area contributed by atoms with E-state index >= 15 is 0 Å². The van der Waals surface area contributed by atoms with Gasteiger partial charge in [-0.15, -0.1) is 0 Å². The van der Waals surface area contributed by atoms with Crippen molar-refractivity contribution in [2.45, 2.75) is 13.3 Å². The lowest BCUT2D eigenvalue weighted by Gasteiger charge is -2.22. The van der Waals surface area contributed by atoms with Gasteiger partial charge in [0.1, 0.15) is 0 Å². The molecule has 3 heteroatoms. The van der Waals surface area contributed by atoms with Crippen LogP contribution in [-0.4, -0.2) is 31.6 Å². The average Bonchev–Trinajstić information content (AvgIpc) is 1.89. The molecule has 0 saturated carbocycles. The molecular weight excluding hydrogens is 145 g/mol. The standard InChI is InChI=1S/C7H16NOP/c1-2-5-10(9)6-3-8-4-7-10/h8H,2-7H2,1H3. The Balaban J connectivity index is 2.41. The molecule has 0 atom stereocenters. The molecule has 60 valence electrons. The fourth-order valence-corrected chi connectivity index (χ4v) is 4.05. The minimum Gasteiger partial charge on any atom is -0.323 e. The maximum absolute atomic E-state index is 11.8. The van der Waals surface area contributed by atoms with Crippen molar-refractivity contribution in [1.29, 1.82) is 0 Å². The van der Waals surface area contributed by atoms with Gasteiger partial charge >= 0.3 is 0 Å². The summed E-state index contributed by atoms with van der Waals surface area (Å²) in [5.41, 5.74) is 0. The minimum atomic E-state index is -1.68. The number of rotatable bonds is 2. The predicted molar refractivity (Wildman–Crippen MR) is 45.4 cm³/mol. The van der Waals surface area contributed by atoms with Crippen LogP contribution in [0.3, 0.4) is 0 Å². The first kappa shape index (κ1) is 8.29. The number of hydrogen-bond donors (Lipinski definition) is 1. The summed E-state index contributed by atoms with van der Waals surface area (Å²) in [5, 5.41) is 3.23. The quantitative estimate of drug-likeness (QED) is 0.619. The van der Waals surface area contributed by atoms with E-state index in [0.29, 0.717) is 0 Å². The summed E-state index contributed by atoms with van der Waals surface area (Å²) in [4.78, 5) is 0. The molecule has 0 radical (unpaired) electrons. The fourth-order valence-electron chi connectivity index (χ4n) is 1.43. The lowest BCUT2D eigenvalue weighted by atomic mass is 10.6. The summed E-state index contributed by atoms with van der Waals surface area (Å²) in [5.74, 6) is 0. The van der Waals surface area contributed by atoms with Crippen molar-refractivity contribution >= 4 is 7.14 Å². The molecule has 0 amide bonds. The van der Waals surface area contributed by atoms with Gasteiger partial charge in [0.15, 0.2) is 0 Å². The lowest BCUT2D eigenvalue weighted by molar-refractivity contribution is 0.560. The Bertz CT molecular complexity index is 128. The molecule has 0 aromatic heterocycles. The third-order valence-electron chi connectivity index (χ3n) is 2.02. The van der Waals surface area contributed by atoms with Crippen molar-refractivity contribution in [3.05, 3.63) is 0 Å². The van der Waals surface area contributed by atoms with Gasteiger partial charge in [-0.05, 0) is 6.42 Å². The van der Waals surface area contributed by atoms with E-state index in [1.807, 2.05) is 0 Å². The second-order valence-corrected chi connectivity index (χ2v) is 6.44. The van der Waals surface area contributed by atoms with Crippen molar-refractivity contribution in [2.75, 3.05) is 31.6 Å². The van der Waals surface area contributed by atoms with Crippen LogP contribution in [0.5, 0.6) is 0 Å². The molecule has 1 rings (SSSR count). The maximum atomic E-state index is 11.8. The van der Waals surface area contributed by atoms with Crippen LogP contribution in [-0.2, 0) is 4.57 Å². The van der Waals surface area contributed by atoms with Crippen molar-refractivity contribution in [1.82, 2.24) is 5.32 Å². The second kappa shape index (κ2) is 3.54. The zero-order valence-corrected chi connectivity index (χ0v) is 7.49. The summed E-state index contributed by atoms with van der Waals surface area (Å²) < 4.78 is 11.8. The van der Waals surface area contributed by atoms with E-state index < -0.39 is 7.14 Å². The largest absolute Gasteiger partial charge is 0.323 e. The predicted octanol–water partition coefficient (Wildman–Crippen LogP) is 1.36. The van der Waals surface area contributed by atoms with E-state index in [1.165, 1.54) is 0 Å². The lowest BCUT2D eigenvalue weighted by Crippen LogP contribution is -2.29. The van der Waals surface area contributed by atoms with Crippen molar-refractivity contribution < 1.29 is 4.57 Å². The zero-order chi connectivity index (χ0) is 7.45. The highest BCUT2D eigenvalue weighted by molar-refractivity contribution is 7.64. The first-order chi connectivity index (χ1) is 4.77. The van der Waals surface area contributed by atoms with E-state index in [4.69, 9.17) is 0 Å². The van der Waals surface area contributed by atoms with Gasteiger partial charge < -0.3 is 9.88 Å². The van der Waals surface area contributed by atoms with Gasteiger partial charge in [0.25, 0.3) is 0 Å². The molecule has 1 N–H and O–H groups in total. The molecule has 1 fully saturated rings. The molecule has 1 aliphatic rings. The first-order valence-electron chi connectivity index (χ1n) is 4.05. The highest BCUT2D eigenvalue weighted by Gasteiger charge is 2.22. The Labute approximate surface area is 62.8 Å². The molecule has 0 unspecified atom stereocenters. The molecule has 1 heterocycles. The Morgan fingerprint density at radius 1 is 1.40 bits per heavy atom. The maximum Gasteiger partial charge on any atom is 0.0902 e. The SMILES string of the molecule is CCCP1(=O)CCNCC1. The number of nitrogens with one attached hydrogen (secondary N) is 1. The van der Waals surface area contributed by atoms with Crippen molar-refractivity contribution in [3.8, 4) is 0 Å². The monoisotopic (exact) mass is 161 g/mol. The molecule has 0 bridgehead atoms. The third kappa shape index (κ3) is 2.10. The highest BCUT2D eigenvalue weighted by atomic mass is 31.2. The smallest absolute Gasteiger partial charge is 0.0902 e. The second-order valence-electron chi connectivity index (χ2n) is 2.98. The molecule has 2 nitrogen and oxygen atoms in total. The molecule has 1 aliphatic heterocycles. The van der Waals surface area contributed by atoms with Crippen LogP contribution in [0.15, 0.2) is 0 Å². The van der Waals surface area contributed by atoms with Crippen LogP contribution in [0, 0.1) is 0 Å². The minimum absolute atomic E-state index is 0.931. The molecule has 10 heavy (non-hydrogen) atoms. The number of hydrogen-bond acceptors (Lipinski definition) is 2. The molecule has 0 spiro atoms. The van der Waals surface area contributed by atoms with E-state index in [-0.39, 0.29) is 0 Å². The molecule has 1 saturated heterocycles. The van der Waals surface area contributed by atoms with Gasteiger partial charge in [0, 0.05) is 31.6 Å². The summed E-state index contributed by atoms with van der Waals surface area (Å²) in [6, 6.07) is 0. The summed E-state index contributed by atoms with van der Waals surface area (Å²) in [6.07, 6.45) is 3.91.